The number of nitrogens with one attached hydrogen (secondary N) is 1. The molecule has 4 saturated carbocycles. The maximum atomic E-state index is 13.6. The number of hydrogen-bond donors (Lipinski definition) is 4. The molecule has 1 amide bonds. The Morgan fingerprint density at radius 2 is 1.75 bits per heavy atom. The van der Waals surface area contributed by atoms with Crippen molar-refractivity contribution in [1.82, 2.24) is 5.32 Å². The van der Waals surface area contributed by atoms with E-state index in [4.69, 9.17) is 17.7 Å². The molecule has 0 aliphatic heterocycles. The average Bonchev–Trinajstić information content (AvgIpc) is 3.15. The first kappa shape index (κ1) is 27.9. The van der Waals surface area contributed by atoms with Crippen molar-refractivity contribution in [1.29, 1.82) is 0 Å². The first-order valence-corrected chi connectivity index (χ1v) is 14.6. The maximum absolute atomic E-state index is 13.6. The normalized spacial score (nSPS) is 43.4. The summed E-state index contributed by atoms with van der Waals surface area (Å²) in [5.41, 5.74) is 0.289. The number of carbonyl (C=O) groups excluding carboxylic acids is 2. The van der Waals surface area contributed by atoms with E-state index in [1.54, 1.807) is 0 Å². The van der Waals surface area contributed by atoms with Gasteiger partial charge in [0.2, 0.25) is 5.91 Å². The molecule has 6 nitrogen and oxygen atoms in total. The Kier molecular flexibility index (Phi) is 7.69. The number of Topliss-reactive ketones (excluding diaryl/α,β-unsaturated/α-hetero) is 1. The van der Waals surface area contributed by atoms with E-state index >= 15 is 0 Å². The molecule has 11 atom stereocenters. The molecule has 3 N–H and O–H groups in total. The zero-order valence-corrected chi connectivity index (χ0v) is 23.7. The predicted molar refractivity (Wildman–Crippen MR) is 143 cm³/mol. The molecule has 7 heteroatoms. The third kappa shape index (κ3) is 4.76. The van der Waals surface area contributed by atoms with E-state index in [0.717, 1.165) is 51.4 Å². The lowest BCUT2D eigenvalue weighted by atomic mass is 9.44. The van der Waals surface area contributed by atoms with Crippen LogP contribution in [0, 0.1) is 52.3 Å². The van der Waals surface area contributed by atoms with Gasteiger partial charge in [0.1, 0.15) is 12.3 Å². The summed E-state index contributed by atoms with van der Waals surface area (Å²) in [6, 6.07) is 0. The Morgan fingerprint density at radius 1 is 1.11 bits per heavy atom. The average molecular weight is 522 g/mol. The fourth-order valence-electron chi connectivity index (χ4n) is 9.45. The van der Waals surface area contributed by atoms with Gasteiger partial charge in [-0.15, -0.1) is 0 Å². The molecule has 0 radical (unpaired) electrons. The van der Waals surface area contributed by atoms with Crippen LogP contribution in [0.4, 0.5) is 0 Å². The molecule has 0 spiro atoms. The van der Waals surface area contributed by atoms with Gasteiger partial charge in [-0.1, -0.05) is 27.7 Å². The number of aliphatic hydroxyl groups is 1. The highest BCUT2D eigenvalue weighted by Gasteiger charge is 2.63. The minimum absolute atomic E-state index is 0.117. The molecule has 4 aliphatic carbocycles. The molecule has 0 saturated heterocycles. The Morgan fingerprint density at radius 3 is 2.42 bits per heavy atom. The Balaban J connectivity index is 1.48. The number of aliphatic hydroxyl groups excluding tert-OH is 1. The van der Waals surface area contributed by atoms with Crippen molar-refractivity contribution in [2.24, 2.45) is 52.3 Å². The summed E-state index contributed by atoms with van der Waals surface area (Å²) in [6.07, 6.45) is 8.30. The van der Waals surface area contributed by atoms with E-state index in [1.807, 2.05) is 13.8 Å². The minimum Gasteiger partial charge on any atom is -0.480 e. The van der Waals surface area contributed by atoms with Crippen molar-refractivity contribution in [3.63, 3.8) is 0 Å². The molecule has 204 valence electrons. The summed E-state index contributed by atoms with van der Waals surface area (Å²) in [5, 5.41) is 21.7. The van der Waals surface area contributed by atoms with Crippen LogP contribution in [0.15, 0.2) is 0 Å². The second-order valence-electron chi connectivity index (χ2n) is 13.6. The van der Waals surface area contributed by atoms with Gasteiger partial charge in [0.05, 0.1) is 6.10 Å². The van der Waals surface area contributed by atoms with Crippen LogP contribution in [0.3, 0.4) is 0 Å². The van der Waals surface area contributed by atoms with Gasteiger partial charge in [-0.3, -0.25) is 14.4 Å². The number of amides is 1. The molecule has 0 aromatic carbocycles. The van der Waals surface area contributed by atoms with E-state index in [-0.39, 0.29) is 35.3 Å². The third-order valence-corrected chi connectivity index (χ3v) is 12.2. The molecule has 4 rings (SSSR count). The second-order valence-corrected chi connectivity index (χ2v) is 14.7. The van der Waals surface area contributed by atoms with Crippen LogP contribution in [0.2, 0.25) is 0 Å². The molecule has 0 aromatic heterocycles. The van der Waals surface area contributed by atoms with Gasteiger partial charge >= 0.3 is 5.97 Å². The maximum Gasteiger partial charge on any atom is 0.322 e. The van der Waals surface area contributed by atoms with Gasteiger partial charge < -0.3 is 15.5 Å². The lowest BCUT2D eigenvalue weighted by Gasteiger charge is -2.60. The highest BCUT2D eigenvalue weighted by Crippen LogP contribution is 2.67. The SMILES string of the molecule is CC(CC(C)(S)C(C)C(=O)NCC(=O)O)C1CCC2C3C(=O)CC4CC(O)CCC4(C)C3CCC12C. The number of aliphatic carboxylic acids is 1. The Labute approximate surface area is 222 Å². The molecule has 11 unspecified atom stereocenters. The van der Waals surface area contributed by atoms with Crippen LogP contribution in [0.5, 0.6) is 0 Å². The highest BCUT2D eigenvalue weighted by atomic mass is 32.1. The number of carbonyl (C=O) groups is 3. The number of thiol groups is 1. The zero-order chi connectivity index (χ0) is 26.6. The quantitative estimate of drug-likeness (QED) is 0.363. The molecule has 4 aliphatic rings. The van der Waals surface area contributed by atoms with Crippen LogP contribution in [0.25, 0.3) is 0 Å². The van der Waals surface area contributed by atoms with Crippen molar-refractivity contribution in [3.05, 3.63) is 0 Å². The minimum atomic E-state index is -1.05. The number of rotatable bonds is 7. The van der Waals surface area contributed by atoms with Crippen LogP contribution in [-0.4, -0.2) is 45.3 Å². The second kappa shape index (κ2) is 9.91. The van der Waals surface area contributed by atoms with E-state index in [9.17, 15) is 19.5 Å². The summed E-state index contributed by atoms with van der Waals surface area (Å²) >= 11 is 4.92. The number of fused-ring (bicyclic) bond motifs is 5. The third-order valence-electron chi connectivity index (χ3n) is 11.7. The summed E-state index contributed by atoms with van der Waals surface area (Å²) in [6.45, 7) is 10.6. The molecular weight excluding hydrogens is 474 g/mol. The largest absolute Gasteiger partial charge is 0.480 e. The zero-order valence-electron chi connectivity index (χ0n) is 22.8. The molecular formula is C29H47NO5S. The van der Waals surface area contributed by atoms with Crippen LogP contribution in [-0.2, 0) is 14.4 Å². The highest BCUT2D eigenvalue weighted by molar-refractivity contribution is 7.81. The Hall–Kier alpha value is -1.08. The molecule has 0 heterocycles. The van der Waals surface area contributed by atoms with Crippen LogP contribution >= 0.6 is 12.6 Å². The van der Waals surface area contributed by atoms with Crippen molar-refractivity contribution >= 4 is 30.3 Å². The topological polar surface area (TPSA) is 104 Å². The van der Waals surface area contributed by atoms with E-state index in [0.29, 0.717) is 41.8 Å². The number of ketones is 1. The predicted octanol–water partition coefficient (Wildman–Crippen LogP) is 4.74. The van der Waals surface area contributed by atoms with Gasteiger partial charge in [0, 0.05) is 23.0 Å². The molecule has 36 heavy (non-hydrogen) atoms. The molecule has 4 fully saturated rings. The molecule has 0 aromatic rings. The number of hydrogen-bond acceptors (Lipinski definition) is 5. The van der Waals surface area contributed by atoms with Crippen molar-refractivity contribution in [2.45, 2.75) is 103 Å². The van der Waals surface area contributed by atoms with E-state index < -0.39 is 16.6 Å². The lowest BCUT2D eigenvalue weighted by molar-refractivity contribution is -0.161. The standard InChI is InChI=1S/C29H47NO5S/c1-16(14-29(5,36)17(2)26(35)30-15-24(33)34)20-6-7-21-25-22(9-11-28(20,21)4)27(3)10-8-19(31)12-18(27)13-23(25)32/h16-22,25,31,36H,6-15H2,1-5H3,(H,30,35)(H,33,34). The summed E-state index contributed by atoms with van der Waals surface area (Å²) < 4.78 is -0.558. The first-order chi connectivity index (χ1) is 16.7. The smallest absolute Gasteiger partial charge is 0.322 e. The van der Waals surface area contributed by atoms with E-state index in [2.05, 4.69) is 26.1 Å². The monoisotopic (exact) mass is 521 g/mol. The van der Waals surface area contributed by atoms with Gasteiger partial charge in [0.25, 0.3) is 0 Å². The van der Waals surface area contributed by atoms with Gasteiger partial charge in [0.15, 0.2) is 0 Å². The van der Waals surface area contributed by atoms with E-state index in [1.165, 1.54) is 0 Å². The summed E-state index contributed by atoms with van der Waals surface area (Å²) in [4.78, 5) is 37.1. The number of carboxylic acids is 1. The van der Waals surface area contributed by atoms with Crippen molar-refractivity contribution < 1.29 is 24.6 Å². The summed E-state index contributed by atoms with van der Waals surface area (Å²) in [7, 11) is 0. The van der Waals surface area contributed by atoms with Gasteiger partial charge in [-0.05, 0) is 98.7 Å². The fourth-order valence-corrected chi connectivity index (χ4v) is 9.86. The van der Waals surface area contributed by atoms with Crippen molar-refractivity contribution in [2.75, 3.05) is 6.54 Å². The number of carboxylic acid groups (broad SMARTS) is 1. The summed E-state index contributed by atoms with van der Waals surface area (Å²) in [5.74, 6) is 0.884. The molecule has 0 bridgehead atoms. The Bertz CT molecular complexity index is 891. The lowest BCUT2D eigenvalue weighted by Crippen LogP contribution is -2.57. The van der Waals surface area contributed by atoms with Crippen molar-refractivity contribution in [3.8, 4) is 0 Å². The van der Waals surface area contributed by atoms with Crippen LogP contribution < -0.4 is 5.32 Å². The first-order valence-electron chi connectivity index (χ1n) is 14.1. The van der Waals surface area contributed by atoms with Crippen LogP contribution in [0.1, 0.15) is 92.4 Å². The van der Waals surface area contributed by atoms with Gasteiger partial charge in [-0.2, -0.15) is 12.6 Å². The fraction of sp³-hybridized carbons (Fsp3) is 0.897. The van der Waals surface area contributed by atoms with Gasteiger partial charge in [-0.25, -0.2) is 0 Å².